The Hall–Kier alpha value is -0.840. The first-order valence-corrected chi connectivity index (χ1v) is 7.99. The van der Waals surface area contributed by atoms with Gasteiger partial charge in [-0.1, -0.05) is 50.1 Å². The Kier molecular flexibility index (Phi) is 5.24. The Balaban J connectivity index is 2.30. The summed E-state index contributed by atoms with van der Waals surface area (Å²) in [6.07, 6.45) is -0.162. The van der Waals surface area contributed by atoms with Crippen LogP contribution in [0.15, 0.2) is 45.3 Å². The zero-order valence-electron chi connectivity index (χ0n) is 11.5. The second kappa shape index (κ2) is 6.74. The van der Waals surface area contributed by atoms with Crippen molar-refractivity contribution in [3.63, 3.8) is 0 Å². The topological polar surface area (TPSA) is 35.2 Å². The minimum absolute atomic E-state index is 0.162. The van der Waals surface area contributed by atoms with Crippen LogP contribution in [-0.4, -0.2) is 6.54 Å². The Morgan fingerprint density at radius 1 is 1.10 bits per heavy atom. The number of hydrogen-bond donors (Lipinski definition) is 1. The first-order chi connectivity index (χ1) is 9.52. The van der Waals surface area contributed by atoms with E-state index in [4.69, 9.17) is 10.5 Å². The molecule has 0 saturated carbocycles. The van der Waals surface area contributed by atoms with Crippen molar-refractivity contribution < 1.29 is 4.74 Å². The van der Waals surface area contributed by atoms with Gasteiger partial charge in [0, 0.05) is 21.1 Å². The van der Waals surface area contributed by atoms with Crippen LogP contribution < -0.4 is 10.5 Å². The molecule has 2 rings (SSSR count). The molecule has 2 N–H and O–H groups in total. The van der Waals surface area contributed by atoms with Crippen LogP contribution in [0.2, 0.25) is 0 Å². The molecule has 2 aromatic carbocycles. The molecule has 0 bridgehead atoms. The van der Waals surface area contributed by atoms with Crippen molar-refractivity contribution in [2.24, 2.45) is 5.73 Å². The van der Waals surface area contributed by atoms with E-state index >= 15 is 0 Å². The largest absolute Gasteiger partial charge is 0.484 e. The lowest BCUT2D eigenvalue weighted by Gasteiger charge is -2.20. The third kappa shape index (κ3) is 3.43. The average Bonchev–Trinajstić information content (AvgIpc) is 2.43. The summed E-state index contributed by atoms with van der Waals surface area (Å²) in [5.74, 6) is 0.842. The molecule has 0 aliphatic heterocycles. The van der Waals surface area contributed by atoms with E-state index in [0.717, 1.165) is 31.4 Å². The predicted octanol–water partition coefficient (Wildman–Crippen LogP) is 4.91. The monoisotopic (exact) mass is 397 g/mol. The van der Waals surface area contributed by atoms with E-state index in [2.05, 4.69) is 45.7 Å². The van der Waals surface area contributed by atoms with Gasteiger partial charge in [-0.15, -0.1) is 0 Å². The lowest BCUT2D eigenvalue weighted by molar-refractivity contribution is 0.213. The van der Waals surface area contributed by atoms with E-state index in [-0.39, 0.29) is 6.10 Å². The summed E-state index contributed by atoms with van der Waals surface area (Å²) < 4.78 is 8.21. The summed E-state index contributed by atoms with van der Waals surface area (Å²) >= 11 is 7.11. The summed E-state index contributed by atoms with van der Waals surface area (Å²) in [5.41, 5.74) is 9.25. The van der Waals surface area contributed by atoms with Crippen molar-refractivity contribution in [1.82, 2.24) is 0 Å². The van der Waals surface area contributed by atoms with E-state index in [1.54, 1.807) is 0 Å². The molecule has 0 heterocycles. The predicted molar refractivity (Wildman–Crippen MR) is 90.2 cm³/mol. The van der Waals surface area contributed by atoms with Crippen LogP contribution in [0.25, 0.3) is 0 Å². The zero-order valence-corrected chi connectivity index (χ0v) is 14.7. The first-order valence-electron chi connectivity index (χ1n) is 6.41. The fourth-order valence-electron chi connectivity index (χ4n) is 2.11. The van der Waals surface area contributed by atoms with E-state index in [1.807, 2.05) is 36.4 Å². The molecule has 0 aromatic heterocycles. The molecule has 0 aliphatic rings. The maximum Gasteiger partial charge on any atom is 0.137 e. The molecule has 2 nitrogen and oxygen atoms in total. The molecule has 2 aromatic rings. The second-order valence-electron chi connectivity index (χ2n) is 4.73. The SMILES string of the molecule is Cc1cc(OC(CN)c2ccccc2Br)cc(C)c1Br. The number of aryl methyl sites for hydroxylation is 2. The van der Waals surface area contributed by atoms with Crippen molar-refractivity contribution in [1.29, 1.82) is 0 Å². The lowest BCUT2D eigenvalue weighted by atomic mass is 10.1. The summed E-state index contributed by atoms with van der Waals surface area (Å²) in [4.78, 5) is 0. The van der Waals surface area contributed by atoms with Crippen LogP contribution in [0, 0.1) is 13.8 Å². The van der Waals surface area contributed by atoms with E-state index in [9.17, 15) is 0 Å². The van der Waals surface area contributed by atoms with Gasteiger partial charge in [0.05, 0.1) is 0 Å². The Morgan fingerprint density at radius 2 is 1.70 bits per heavy atom. The van der Waals surface area contributed by atoms with Crippen LogP contribution in [0.4, 0.5) is 0 Å². The first kappa shape index (κ1) is 15.5. The quantitative estimate of drug-likeness (QED) is 0.794. The van der Waals surface area contributed by atoms with E-state index < -0.39 is 0 Å². The molecule has 20 heavy (non-hydrogen) atoms. The highest BCUT2D eigenvalue weighted by atomic mass is 79.9. The molecule has 0 spiro atoms. The van der Waals surface area contributed by atoms with Gasteiger partial charge in [0.1, 0.15) is 11.9 Å². The maximum absolute atomic E-state index is 6.07. The molecular formula is C16H17Br2NO. The molecule has 1 unspecified atom stereocenters. The number of nitrogens with two attached hydrogens (primary N) is 1. The Labute approximate surface area is 136 Å². The Morgan fingerprint density at radius 3 is 2.25 bits per heavy atom. The summed E-state index contributed by atoms with van der Waals surface area (Å²) in [7, 11) is 0. The molecule has 4 heteroatoms. The lowest BCUT2D eigenvalue weighted by Crippen LogP contribution is -2.19. The van der Waals surface area contributed by atoms with Gasteiger partial charge in [0.2, 0.25) is 0 Å². The van der Waals surface area contributed by atoms with Crippen LogP contribution in [-0.2, 0) is 0 Å². The molecule has 1 atom stereocenters. The third-order valence-electron chi connectivity index (χ3n) is 3.15. The van der Waals surface area contributed by atoms with Crippen molar-refractivity contribution in [2.45, 2.75) is 20.0 Å². The third-order valence-corrected chi connectivity index (χ3v) is 5.13. The fraction of sp³-hybridized carbons (Fsp3) is 0.250. The summed E-state index contributed by atoms with van der Waals surface area (Å²) in [6, 6.07) is 12.0. The number of benzene rings is 2. The smallest absolute Gasteiger partial charge is 0.137 e. The van der Waals surface area contributed by atoms with E-state index in [1.165, 1.54) is 0 Å². The van der Waals surface area contributed by atoms with Gasteiger partial charge in [-0.3, -0.25) is 0 Å². The van der Waals surface area contributed by atoms with Crippen molar-refractivity contribution in [3.8, 4) is 5.75 Å². The summed E-state index contributed by atoms with van der Waals surface area (Å²) in [6.45, 7) is 4.54. The van der Waals surface area contributed by atoms with Crippen LogP contribution in [0.3, 0.4) is 0 Å². The average molecular weight is 399 g/mol. The van der Waals surface area contributed by atoms with Gasteiger partial charge >= 0.3 is 0 Å². The molecule has 0 radical (unpaired) electrons. The maximum atomic E-state index is 6.07. The summed E-state index contributed by atoms with van der Waals surface area (Å²) in [5, 5.41) is 0. The minimum atomic E-state index is -0.162. The molecule has 0 aliphatic carbocycles. The number of hydrogen-bond acceptors (Lipinski definition) is 2. The van der Waals surface area contributed by atoms with Gasteiger partial charge < -0.3 is 10.5 Å². The Bertz CT molecular complexity index is 590. The van der Waals surface area contributed by atoms with E-state index in [0.29, 0.717) is 6.54 Å². The highest BCUT2D eigenvalue weighted by Gasteiger charge is 2.15. The number of rotatable bonds is 4. The van der Waals surface area contributed by atoms with Crippen LogP contribution >= 0.6 is 31.9 Å². The van der Waals surface area contributed by atoms with Crippen molar-refractivity contribution >= 4 is 31.9 Å². The van der Waals surface area contributed by atoms with Crippen LogP contribution in [0.1, 0.15) is 22.8 Å². The molecule has 0 saturated heterocycles. The molecule has 0 fully saturated rings. The fourth-order valence-corrected chi connectivity index (χ4v) is 2.88. The number of ether oxygens (including phenoxy) is 1. The second-order valence-corrected chi connectivity index (χ2v) is 6.38. The van der Waals surface area contributed by atoms with Gasteiger partial charge in [0.15, 0.2) is 0 Å². The molecule has 106 valence electrons. The molecule has 0 amide bonds. The number of halogens is 2. The van der Waals surface area contributed by atoms with Crippen molar-refractivity contribution in [2.75, 3.05) is 6.54 Å². The van der Waals surface area contributed by atoms with Crippen LogP contribution in [0.5, 0.6) is 5.75 Å². The van der Waals surface area contributed by atoms with Crippen molar-refractivity contribution in [3.05, 3.63) is 62.0 Å². The van der Waals surface area contributed by atoms with Gasteiger partial charge in [-0.25, -0.2) is 0 Å². The highest BCUT2D eigenvalue weighted by molar-refractivity contribution is 9.10. The normalized spacial score (nSPS) is 12.2. The highest BCUT2D eigenvalue weighted by Crippen LogP contribution is 2.31. The van der Waals surface area contributed by atoms with Gasteiger partial charge in [-0.05, 0) is 43.2 Å². The zero-order chi connectivity index (χ0) is 14.7. The van der Waals surface area contributed by atoms with Gasteiger partial charge in [0.25, 0.3) is 0 Å². The molecular weight excluding hydrogens is 382 g/mol. The minimum Gasteiger partial charge on any atom is -0.484 e. The van der Waals surface area contributed by atoms with Gasteiger partial charge in [-0.2, -0.15) is 0 Å². The standard InChI is InChI=1S/C16H17Br2NO/c1-10-7-12(8-11(2)16(10)18)20-15(9-19)13-5-3-4-6-14(13)17/h3-8,15H,9,19H2,1-2H3.